The molecule has 9 nitrogen and oxygen atoms in total. The highest BCUT2D eigenvalue weighted by Crippen LogP contribution is 2.33. The van der Waals surface area contributed by atoms with E-state index < -0.39 is 15.8 Å². The molecule has 1 aromatic heterocycles. The molecule has 1 saturated heterocycles. The predicted molar refractivity (Wildman–Crippen MR) is 169 cm³/mol. The van der Waals surface area contributed by atoms with Gasteiger partial charge < -0.3 is 14.4 Å². The summed E-state index contributed by atoms with van der Waals surface area (Å²) in [7, 11) is -2.22. The number of aromatic nitrogens is 2. The van der Waals surface area contributed by atoms with Gasteiger partial charge in [-0.15, -0.1) is 0 Å². The molecule has 1 fully saturated rings. The minimum Gasteiger partial charge on any atom is -0.350 e. The summed E-state index contributed by atoms with van der Waals surface area (Å²) >= 11 is 0. The highest BCUT2D eigenvalue weighted by molar-refractivity contribution is 7.92. The van der Waals surface area contributed by atoms with E-state index in [0.717, 1.165) is 10.6 Å². The van der Waals surface area contributed by atoms with Crippen molar-refractivity contribution in [1.29, 1.82) is 0 Å². The van der Waals surface area contributed by atoms with Gasteiger partial charge in [0.1, 0.15) is 5.82 Å². The highest BCUT2D eigenvalue weighted by atomic mass is 32.2. The average molecular weight is 619 g/mol. The van der Waals surface area contributed by atoms with Gasteiger partial charge in [-0.1, -0.05) is 26.0 Å². The van der Waals surface area contributed by atoms with Crippen molar-refractivity contribution < 1.29 is 27.1 Å². The van der Waals surface area contributed by atoms with Crippen LogP contribution in [0.5, 0.6) is 0 Å². The fourth-order valence-electron chi connectivity index (χ4n) is 5.36. The van der Waals surface area contributed by atoms with Gasteiger partial charge in [-0.05, 0) is 78.1 Å². The van der Waals surface area contributed by atoms with Gasteiger partial charge >= 0.3 is 0 Å². The van der Waals surface area contributed by atoms with Crippen molar-refractivity contribution in [2.75, 3.05) is 24.2 Å². The largest absolute Gasteiger partial charge is 0.350 e. The van der Waals surface area contributed by atoms with Crippen LogP contribution in [0.4, 0.5) is 10.3 Å². The summed E-state index contributed by atoms with van der Waals surface area (Å²) in [6, 6.07) is 6.07. The molecule has 3 rings (SSSR count). The maximum Gasteiger partial charge on any atom is 0.239 e. The Bertz CT molecular complexity index is 1400. The third-order valence-corrected chi connectivity index (χ3v) is 8.56. The Morgan fingerprint density at radius 1 is 1.09 bits per heavy atom. The summed E-state index contributed by atoms with van der Waals surface area (Å²) in [5, 5.41) is 0. The molecule has 1 aromatic carbocycles. The van der Waals surface area contributed by atoms with E-state index in [-0.39, 0.29) is 54.1 Å². The van der Waals surface area contributed by atoms with Gasteiger partial charge in [-0.3, -0.25) is 4.79 Å². The number of carbonyl (C=O) groups is 1. The second-order valence-electron chi connectivity index (χ2n) is 12.6. The molecular formula is C32H47FN4O5S. The SMILES string of the molecule is CC(C)c1nc(N(C)S(C)(=O)=O)nc(-c2ccc(F)cc2)c1/C=C/[C@H]1COC(C)(C)O[C@@H](CC(=O)N(C(C)C)C(C)C)C1. The standard InChI is InChI=1S/C32H47FN4O5S/c1-20(2)29-27(30(24-12-14-25(33)15-13-24)35-31(34-29)36(9)43(10,39)40)16-11-23-17-26(42-32(7,8)41-19-23)18-28(38)37(21(3)4)22(5)6/h11-16,20-23,26H,17-19H2,1-10H3/b16-11+/t23-,26-/m1/s1. The number of carbonyl (C=O) groups excluding carboxylic acids is 1. The molecule has 2 atom stereocenters. The average Bonchev–Trinajstić information content (AvgIpc) is 3.02. The molecule has 1 amide bonds. The van der Waals surface area contributed by atoms with Crippen LogP contribution >= 0.6 is 0 Å². The number of anilines is 1. The summed E-state index contributed by atoms with van der Waals surface area (Å²) in [6.07, 6.45) is 5.48. The quantitative estimate of drug-likeness (QED) is 0.322. The number of hydrogen-bond donors (Lipinski definition) is 0. The van der Waals surface area contributed by atoms with Crippen molar-refractivity contribution in [1.82, 2.24) is 14.9 Å². The first kappa shape index (κ1) is 34.6. The summed E-state index contributed by atoms with van der Waals surface area (Å²) < 4.78 is 52.0. The molecule has 1 aliphatic heterocycles. The lowest BCUT2D eigenvalue weighted by atomic mass is 9.94. The van der Waals surface area contributed by atoms with Crippen molar-refractivity contribution in [3.05, 3.63) is 47.4 Å². The molecule has 0 bridgehead atoms. The normalized spacial score (nSPS) is 19.3. The van der Waals surface area contributed by atoms with Crippen LogP contribution in [0.2, 0.25) is 0 Å². The van der Waals surface area contributed by atoms with Gasteiger partial charge in [0.25, 0.3) is 0 Å². The first-order valence-electron chi connectivity index (χ1n) is 14.8. The molecule has 1 aliphatic rings. The van der Waals surface area contributed by atoms with Crippen LogP contribution in [0, 0.1) is 11.7 Å². The third kappa shape index (κ3) is 9.06. The molecule has 238 valence electrons. The van der Waals surface area contributed by atoms with Crippen LogP contribution in [-0.4, -0.2) is 73.1 Å². The van der Waals surface area contributed by atoms with E-state index in [1.165, 1.54) is 19.2 Å². The van der Waals surface area contributed by atoms with Crippen LogP contribution in [0.1, 0.15) is 85.4 Å². The molecule has 0 aliphatic carbocycles. The van der Waals surface area contributed by atoms with Crippen molar-refractivity contribution >= 4 is 28.0 Å². The van der Waals surface area contributed by atoms with E-state index in [9.17, 15) is 17.6 Å². The van der Waals surface area contributed by atoms with Gasteiger partial charge in [0, 0.05) is 36.2 Å². The number of nitrogens with zero attached hydrogens (tertiary/aromatic N) is 4. The van der Waals surface area contributed by atoms with E-state index in [1.807, 2.05) is 72.4 Å². The van der Waals surface area contributed by atoms with E-state index in [1.54, 1.807) is 12.1 Å². The first-order chi connectivity index (χ1) is 19.9. The molecule has 0 spiro atoms. The Morgan fingerprint density at radius 2 is 1.70 bits per heavy atom. The number of ether oxygens (including phenoxy) is 2. The van der Waals surface area contributed by atoms with E-state index in [0.29, 0.717) is 35.5 Å². The summed E-state index contributed by atoms with van der Waals surface area (Å²) in [6.45, 7) is 16.1. The number of rotatable bonds is 10. The number of halogens is 1. The lowest BCUT2D eigenvalue weighted by Crippen LogP contribution is -2.44. The number of amides is 1. The Hall–Kier alpha value is -2.89. The molecular weight excluding hydrogens is 571 g/mol. The van der Waals surface area contributed by atoms with Crippen LogP contribution in [0.25, 0.3) is 17.3 Å². The predicted octanol–water partition coefficient (Wildman–Crippen LogP) is 6.01. The Labute approximate surface area is 256 Å². The molecule has 0 saturated carbocycles. The van der Waals surface area contributed by atoms with E-state index >= 15 is 0 Å². The second kappa shape index (κ2) is 13.8. The lowest BCUT2D eigenvalue weighted by Gasteiger charge is -2.33. The molecule has 11 heteroatoms. The van der Waals surface area contributed by atoms with Crippen LogP contribution in [-0.2, 0) is 24.3 Å². The molecule has 0 unspecified atom stereocenters. The first-order valence-corrected chi connectivity index (χ1v) is 16.7. The van der Waals surface area contributed by atoms with Crippen molar-refractivity contribution in [3.8, 4) is 11.3 Å². The molecule has 0 radical (unpaired) electrons. The minimum atomic E-state index is -3.63. The van der Waals surface area contributed by atoms with Crippen LogP contribution in [0.3, 0.4) is 0 Å². The Morgan fingerprint density at radius 3 is 2.23 bits per heavy atom. The molecule has 2 aromatic rings. The van der Waals surface area contributed by atoms with Gasteiger partial charge in [-0.2, -0.15) is 0 Å². The fourth-order valence-corrected chi connectivity index (χ4v) is 5.73. The number of hydrogen-bond acceptors (Lipinski definition) is 7. The lowest BCUT2D eigenvalue weighted by molar-refractivity contribution is -0.224. The monoisotopic (exact) mass is 618 g/mol. The number of sulfonamides is 1. The summed E-state index contributed by atoms with van der Waals surface area (Å²) in [4.78, 5) is 24.5. The minimum absolute atomic E-state index is 0.0362. The second-order valence-corrected chi connectivity index (χ2v) is 14.6. The highest BCUT2D eigenvalue weighted by Gasteiger charge is 2.34. The van der Waals surface area contributed by atoms with Gasteiger partial charge in [0.15, 0.2) is 5.79 Å². The fraction of sp³-hybridized carbons (Fsp3) is 0.594. The van der Waals surface area contributed by atoms with Gasteiger partial charge in [-0.25, -0.2) is 27.1 Å². The zero-order valence-corrected chi connectivity index (χ0v) is 27.9. The third-order valence-electron chi connectivity index (χ3n) is 7.41. The van der Waals surface area contributed by atoms with Crippen LogP contribution in [0.15, 0.2) is 30.3 Å². The van der Waals surface area contributed by atoms with Gasteiger partial charge in [0.2, 0.25) is 21.9 Å². The van der Waals surface area contributed by atoms with E-state index in [4.69, 9.17) is 9.47 Å². The maximum atomic E-state index is 13.8. The van der Waals surface area contributed by atoms with E-state index in [2.05, 4.69) is 9.97 Å². The van der Waals surface area contributed by atoms with Crippen LogP contribution < -0.4 is 4.31 Å². The Kier molecular flexibility index (Phi) is 11.1. The Balaban J connectivity index is 2.05. The van der Waals surface area contributed by atoms with Crippen molar-refractivity contribution in [2.45, 2.75) is 98.1 Å². The van der Waals surface area contributed by atoms with Crippen molar-refractivity contribution in [3.63, 3.8) is 0 Å². The molecule has 2 heterocycles. The zero-order chi connectivity index (χ0) is 32.3. The molecule has 43 heavy (non-hydrogen) atoms. The molecule has 0 N–H and O–H groups in total. The summed E-state index contributed by atoms with van der Waals surface area (Å²) in [5.41, 5.74) is 2.47. The number of benzene rings is 1. The van der Waals surface area contributed by atoms with Gasteiger partial charge in [0.05, 0.1) is 36.8 Å². The topological polar surface area (TPSA) is 102 Å². The smallest absolute Gasteiger partial charge is 0.239 e. The van der Waals surface area contributed by atoms with Crippen molar-refractivity contribution in [2.24, 2.45) is 5.92 Å². The maximum absolute atomic E-state index is 13.8. The summed E-state index contributed by atoms with van der Waals surface area (Å²) in [5.74, 6) is -1.35. The zero-order valence-electron chi connectivity index (χ0n) is 27.1.